The number of unbranched alkanes of at least 4 members (excludes halogenated alkanes) is 1. The van der Waals surface area contributed by atoms with E-state index in [2.05, 4.69) is 5.32 Å². The Kier molecular flexibility index (Phi) is 5.95. The number of nitrogens with one attached hydrogen (secondary N) is 1. The zero-order valence-electron chi connectivity index (χ0n) is 9.58. The molecule has 0 saturated heterocycles. The lowest BCUT2D eigenvalue weighted by Gasteiger charge is -2.07. The smallest absolute Gasteiger partial charge is 0.303 e. The van der Waals surface area contributed by atoms with Gasteiger partial charge in [0, 0.05) is 13.0 Å². The Morgan fingerprint density at radius 3 is 2.61 bits per heavy atom. The third kappa shape index (κ3) is 4.55. The van der Waals surface area contributed by atoms with Gasteiger partial charge in [-0.1, -0.05) is 29.3 Å². The Bertz CT molecular complexity index is 449. The normalized spacial score (nSPS) is 10.1. The number of amides is 1. The molecule has 2 N–H and O–H groups in total. The third-order valence-electron chi connectivity index (χ3n) is 2.30. The molecule has 0 aliphatic rings. The molecule has 0 aromatic heterocycles. The van der Waals surface area contributed by atoms with E-state index < -0.39 is 5.97 Å². The number of carbonyl (C=O) groups excluding carboxylic acids is 1. The fourth-order valence-electron chi connectivity index (χ4n) is 1.38. The molecule has 0 heterocycles. The highest BCUT2D eigenvalue weighted by atomic mass is 35.5. The van der Waals surface area contributed by atoms with Gasteiger partial charge in [0.2, 0.25) is 0 Å². The van der Waals surface area contributed by atoms with Gasteiger partial charge >= 0.3 is 5.97 Å². The summed E-state index contributed by atoms with van der Waals surface area (Å²) in [4.78, 5) is 22.0. The van der Waals surface area contributed by atoms with Crippen LogP contribution >= 0.6 is 23.2 Å². The van der Waals surface area contributed by atoms with Crippen LogP contribution in [0.4, 0.5) is 0 Å². The Labute approximate surface area is 115 Å². The maximum Gasteiger partial charge on any atom is 0.303 e. The lowest BCUT2D eigenvalue weighted by Crippen LogP contribution is -2.24. The second kappa shape index (κ2) is 7.24. The van der Waals surface area contributed by atoms with Gasteiger partial charge in [-0.05, 0) is 25.0 Å². The molecule has 0 bridgehead atoms. The topological polar surface area (TPSA) is 66.4 Å². The number of hydrogen-bond acceptors (Lipinski definition) is 2. The predicted molar refractivity (Wildman–Crippen MR) is 70.3 cm³/mol. The highest BCUT2D eigenvalue weighted by Gasteiger charge is 2.11. The van der Waals surface area contributed by atoms with Gasteiger partial charge in [0.15, 0.2) is 0 Å². The fraction of sp³-hybridized carbons (Fsp3) is 0.333. The zero-order chi connectivity index (χ0) is 13.5. The van der Waals surface area contributed by atoms with Crippen LogP contribution in [-0.4, -0.2) is 23.5 Å². The van der Waals surface area contributed by atoms with Gasteiger partial charge < -0.3 is 10.4 Å². The zero-order valence-corrected chi connectivity index (χ0v) is 11.1. The molecule has 1 aromatic carbocycles. The summed E-state index contributed by atoms with van der Waals surface area (Å²) in [5.41, 5.74) is 0.322. The van der Waals surface area contributed by atoms with E-state index in [0.717, 1.165) is 0 Å². The number of rotatable bonds is 6. The largest absolute Gasteiger partial charge is 0.481 e. The van der Waals surface area contributed by atoms with Gasteiger partial charge in [0.05, 0.1) is 15.6 Å². The molecule has 0 atom stereocenters. The van der Waals surface area contributed by atoms with Crippen molar-refractivity contribution in [3.63, 3.8) is 0 Å². The van der Waals surface area contributed by atoms with Gasteiger partial charge in [-0.15, -0.1) is 0 Å². The van der Waals surface area contributed by atoms with Gasteiger partial charge in [-0.2, -0.15) is 0 Å². The minimum absolute atomic E-state index is 0.105. The molecule has 98 valence electrons. The molecule has 1 rings (SSSR count). The van der Waals surface area contributed by atoms with Crippen molar-refractivity contribution in [2.45, 2.75) is 19.3 Å². The predicted octanol–water partition coefficient (Wildman–Crippen LogP) is 2.98. The van der Waals surface area contributed by atoms with Crippen molar-refractivity contribution >= 4 is 35.1 Å². The summed E-state index contributed by atoms with van der Waals surface area (Å²) >= 11 is 11.7. The monoisotopic (exact) mass is 289 g/mol. The van der Waals surface area contributed by atoms with E-state index in [0.29, 0.717) is 30.0 Å². The maximum atomic E-state index is 11.7. The van der Waals surface area contributed by atoms with Gasteiger partial charge in [0.1, 0.15) is 0 Å². The summed E-state index contributed by atoms with van der Waals surface area (Å²) in [6.45, 7) is 0.412. The van der Waals surface area contributed by atoms with E-state index in [9.17, 15) is 9.59 Å². The molecule has 1 amide bonds. The first-order valence-corrected chi connectivity index (χ1v) is 6.22. The van der Waals surface area contributed by atoms with Crippen LogP contribution in [0.15, 0.2) is 18.2 Å². The minimum atomic E-state index is -0.834. The van der Waals surface area contributed by atoms with Crippen LogP contribution in [0, 0.1) is 0 Å². The highest BCUT2D eigenvalue weighted by Crippen LogP contribution is 2.25. The molecule has 1 aromatic rings. The molecule has 0 saturated carbocycles. The molecule has 0 spiro atoms. The number of hydrogen-bond donors (Lipinski definition) is 2. The number of carbonyl (C=O) groups is 2. The third-order valence-corrected chi connectivity index (χ3v) is 3.12. The van der Waals surface area contributed by atoms with Crippen LogP contribution in [0.25, 0.3) is 0 Å². The number of halogens is 2. The Morgan fingerprint density at radius 1 is 1.22 bits per heavy atom. The Morgan fingerprint density at radius 2 is 1.94 bits per heavy atom. The average Bonchev–Trinajstić information content (AvgIpc) is 2.31. The van der Waals surface area contributed by atoms with Crippen molar-refractivity contribution < 1.29 is 14.7 Å². The van der Waals surface area contributed by atoms with E-state index in [1.807, 2.05) is 0 Å². The summed E-state index contributed by atoms with van der Waals surface area (Å²) in [6, 6.07) is 4.84. The molecular formula is C12H13Cl2NO3. The van der Waals surface area contributed by atoms with Gasteiger partial charge in [-0.25, -0.2) is 0 Å². The van der Waals surface area contributed by atoms with Crippen LogP contribution in [0.3, 0.4) is 0 Å². The van der Waals surface area contributed by atoms with Crippen molar-refractivity contribution in [2.24, 2.45) is 0 Å². The van der Waals surface area contributed by atoms with Crippen molar-refractivity contribution in [3.8, 4) is 0 Å². The minimum Gasteiger partial charge on any atom is -0.481 e. The van der Waals surface area contributed by atoms with E-state index in [1.165, 1.54) is 0 Å². The second-order valence-electron chi connectivity index (χ2n) is 3.71. The van der Waals surface area contributed by atoms with Crippen LogP contribution in [0.2, 0.25) is 10.0 Å². The standard InChI is InChI=1S/C12H13Cl2NO3/c13-9-5-3-4-8(11(9)14)12(18)15-7-2-1-6-10(16)17/h3-5H,1-2,6-7H2,(H,15,18)(H,16,17). The quantitative estimate of drug-likeness (QED) is 0.791. The summed E-state index contributed by atoms with van der Waals surface area (Å²) in [6.07, 6.45) is 1.24. The van der Waals surface area contributed by atoms with Gasteiger partial charge in [0.25, 0.3) is 5.91 Å². The molecule has 0 aliphatic heterocycles. The molecule has 0 fully saturated rings. The first kappa shape index (κ1) is 14.8. The molecule has 0 unspecified atom stereocenters. The Hall–Kier alpha value is -1.26. The van der Waals surface area contributed by atoms with Crippen LogP contribution in [0.1, 0.15) is 29.6 Å². The lowest BCUT2D eigenvalue weighted by atomic mass is 10.2. The van der Waals surface area contributed by atoms with Crippen molar-refractivity contribution in [1.82, 2.24) is 5.32 Å². The molecule has 4 nitrogen and oxygen atoms in total. The fourth-order valence-corrected chi connectivity index (χ4v) is 1.76. The number of carboxylic acids is 1. The summed E-state index contributed by atoms with van der Waals surface area (Å²) in [5.74, 6) is -1.14. The summed E-state index contributed by atoms with van der Waals surface area (Å²) < 4.78 is 0. The molecule has 0 aliphatic carbocycles. The summed E-state index contributed by atoms with van der Waals surface area (Å²) in [7, 11) is 0. The van der Waals surface area contributed by atoms with E-state index in [4.69, 9.17) is 28.3 Å². The second-order valence-corrected chi connectivity index (χ2v) is 4.49. The molecule has 0 radical (unpaired) electrons. The van der Waals surface area contributed by atoms with E-state index in [-0.39, 0.29) is 17.4 Å². The van der Waals surface area contributed by atoms with Crippen molar-refractivity contribution in [3.05, 3.63) is 33.8 Å². The maximum absolute atomic E-state index is 11.7. The van der Waals surface area contributed by atoms with E-state index >= 15 is 0 Å². The average molecular weight is 290 g/mol. The first-order valence-electron chi connectivity index (χ1n) is 5.46. The van der Waals surface area contributed by atoms with Crippen LogP contribution < -0.4 is 5.32 Å². The van der Waals surface area contributed by atoms with E-state index in [1.54, 1.807) is 18.2 Å². The van der Waals surface area contributed by atoms with Crippen molar-refractivity contribution in [1.29, 1.82) is 0 Å². The van der Waals surface area contributed by atoms with Gasteiger partial charge in [-0.3, -0.25) is 9.59 Å². The highest BCUT2D eigenvalue weighted by molar-refractivity contribution is 6.43. The number of aliphatic carboxylic acids is 1. The molecule has 18 heavy (non-hydrogen) atoms. The number of carboxylic acid groups (broad SMARTS) is 1. The Balaban J connectivity index is 2.41. The SMILES string of the molecule is O=C(O)CCCCNC(=O)c1cccc(Cl)c1Cl. The molecular weight excluding hydrogens is 277 g/mol. The first-order chi connectivity index (χ1) is 8.52. The summed E-state index contributed by atoms with van der Waals surface area (Å²) in [5, 5.41) is 11.7. The van der Waals surface area contributed by atoms with Crippen molar-refractivity contribution in [2.75, 3.05) is 6.54 Å². The lowest BCUT2D eigenvalue weighted by molar-refractivity contribution is -0.137. The van der Waals surface area contributed by atoms with Crippen LogP contribution in [-0.2, 0) is 4.79 Å². The number of benzene rings is 1. The molecule has 6 heteroatoms. The van der Waals surface area contributed by atoms with Crippen LogP contribution in [0.5, 0.6) is 0 Å².